The van der Waals surface area contributed by atoms with Gasteiger partial charge in [0.2, 0.25) is 5.13 Å². The third kappa shape index (κ3) is 3.88. The van der Waals surface area contributed by atoms with Crippen LogP contribution in [-0.2, 0) is 0 Å². The van der Waals surface area contributed by atoms with Crippen molar-refractivity contribution in [2.45, 2.75) is 26.7 Å². The van der Waals surface area contributed by atoms with Crippen LogP contribution in [0.3, 0.4) is 0 Å². The lowest BCUT2D eigenvalue weighted by molar-refractivity contribution is 0.0143. The lowest BCUT2D eigenvalue weighted by Crippen LogP contribution is -2.53. The summed E-state index contributed by atoms with van der Waals surface area (Å²) in [5.74, 6) is 1.41. The molecule has 0 amide bonds. The van der Waals surface area contributed by atoms with Crippen molar-refractivity contribution in [3.8, 4) is 17.0 Å². The van der Waals surface area contributed by atoms with Crippen LogP contribution in [0, 0.1) is 17.3 Å². The first-order valence-electron chi connectivity index (χ1n) is 10.4. The summed E-state index contributed by atoms with van der Waals surface area (Å²) in [5, 5.41) is 17.9. The van der Waals surface area contributed by atoms with E-state index in [1.807, 2.05) is 29.6 Å². The van der Waals surface area contributed by atoms with Crippen LogP contribution >= 0.6 is 22.9 Å². The topological polar surface area (TPSA) is 57.5 Å². The summed E-state index contributed by atoms with van der Waals surface area (Å²) in [6, 6.07) is 15.0. The molecule has 0 spiro atoms. The number of nitrogens with zero attached hydrogens (tertiary/aromatic N) is 2. The second kappa shape index (κ2) is 7.81. The van der Waals surface area contributed by atoms with E-state index >= 15 is 0 Å². The van der Waals surface area contributed by atoms with Crippen molar-refractivity contribution in [2.75, 3.05) is 5.43 Å². The van der Waals surface area contributed by atoms with Gasteiger partial charge in [0, 0.05) is 21.9 Å². The summed E-state index contributed by atoms with van der Waals surface area (Å²) in [6.45, 7) is 4.71. The predicted octanol–water partition coefficient (Wildman–Crippen LogP) is 7.09. The van der Waals surface area contributed by atoms with E-state index in [0.29, 0.717) is 11.8 Å². The molecule has 1 heterocycles. The number of allylic oxidation sites excluding steroid dienone is 1. The fourth-order valence-corrected chi connectivity index (χ4v) is 5.45. The molecule has 6 heteroatoms. The Hall–Kier alpha value is -2.63. The maximum absolute atomic E-state index is 9.49. The average molecular weight is 450 g/mol. The number of hydrogen-bond acceptors (Lipinski definition) is 5. The third-order valence-corrected chi connectivity index (χ3v) is 7.74. The minimum absolute atomic E-state index is 0.252. The minimum atomic E-state index is 0.252. The molecule has 2 atom stereocenters. The highest BCUT2D eigenvalue weighted by molar-refractivity contribution is 7.14. The van der Waals surface area contributed by atoms with Gasteiger partial charge in [0.15, 0.2) is 0 Å². The number of thiazole rings is 1. The van der Waals surface area contributed by atoms with E-state index in [0.717, 1.165) is 39.1 Å². The number of hydrazone groups is 1. The van der Waals surface area contributed by atoms with Crippen LogP contribution in [0.1, 0.15) is 32.3 Å². The number of nitrogens with one attached hydrogen (secondary N) is 1. The van der Waals surface area contributed by atoms with E-state index in [4.69, 9.17) is 16.7 Å². The number of aromatic nitrogens is 1. The molecule has 2 aromatic carbocycles. The number of rotatable bonds is 4. The molecule has 4 nitrogen and oxygen atoms in total. The van der Waals surface area contributed by atoms with Gasteiger partial charge in [-0.25, -0.2) is 4.98 Å². The minimum Gasteiger partial charge on any atom is -0.508 e. The molecule has 2 N–H and O–H groups in total. The summed E-state index contributed by atoms with van der Waals surface area (Å²) < 4.78 is 0. The molecule has 31 heavy (non-hydrogen) atoms. The summed E-state index contributed by atoms with van der Waals surface area (Å²) in [4.78, 5) is 4.67. The predicted molar refractivity (Wildman–Crippen MR) is 130 cm³/mol. The van der Waals surface area contributed by atoms with Crippen molar-refractivity contribution in [1.82, 2.24) is 4.98 Å². The Morgan fingerprint density at radius 1 is 1.16 bits per heavy atom. The molecule has 3 saturated carbocycles. The fourth-order valence-electron chi connectivity index (χ4n) is 4.66. The van der Waals surface area contributed by atoms with Crippen molar-refractivity contribution in [3.63, 3.8) is 0 Å². The fraction of sp³-hybridized carbons (Fsp3) is 0.280. The molecular formula is C25H24ClN3OS. The lowest BCUT2D eigenvalue weighted by atomic mass is 9.47. The zero-order valence-corrected chi connectivity index (χ0v) is 19.0. The van der Waals surface area contributed by atoms with Crippen molar-refractivity contribution in [2.24, 2.45) is 22.4 Å². The van der Waals surface area contributed by atoms with Gasteiger partial charge >= 0.3 is 0 Å². The highest BCUT2D eigenvalue weighted by atomic mass is 35.5. The van der Waals surface area contributed by atoms with Gasteiger partial charge in [-0.15, -0.1) is 11.3 Å². The third-order valence-electron chi connectivity index (χ3n) is 6.75. The Bertz CT molecular complexity index is 1160. The molecule has 3 fully saturated rings. The van der Waals surface area contributed by atoms with Crippen molar-refractivity contribution in [1.29, 1.82) is 0 Å². The standard InChI is InChI=1S/C25H24ClN3OS/c1-25(2)18-12-17(11-15-3-7-19(26)8-4-15)23(21(25)13-18)28-29-24-27-22(14-31-24)16-5-9-20(30)10-6-16/h3-11,14,18,21,30H,12-13H2,1-2H3,(H,27,29). The Kier molecular flexibility index (Phi) is 5.11. The Balaban J connectivity index is 1.41. The van der Waals surface area contributed by atoms with Crippen molar-refractivity contribution in [3.05, 3.63) is 70.1 Å². The summed E-state index contributed by atoms with van der Waals surface area (Å²) >= 11 is 7.58. The molecular weight excluding hydrogens is 426 g/mol. The van der Waals surface area contributed by atoms with Crippen LogP contribution in [0.4, 0.5) is 5.13 Å². The first-order valence-corrected chi connectivity index (χ1v) is 11.7. The first kappa shape index (κ1) is 20.3. The van der Waals surface area contributed by atoms with E-state index in [9.17, 15) is 5.11 Å². The molecule has 1 aromatic heterocycles. The van der Waals surface area contributed by atoms with Crippen molar-refractivity contribution >= 4 is 39.9 Å². The molecule has 3 aliphatic carbocycles. The van der Waals surface area contributed by atoms with Crippen LogP contribution in [0.5, 0.6) is 5.75 Å². The molecule has 0 saturated heterocycles. The average Bonchev–Trinajstić information content (AvgIpc) is 3.23. The van der Waals surface area contributed by atoms with Crippen LogP contribution < -0.4 is 5.43 Å². The number of hydrogen-bond donors (Lipinski definition) is 2. The summed E-state index contributed by atoms with van der Waals surface area (Å²) in [6.07, 6.45) is 4.49. The largest absolute Gasteiger partial charge is 0.508 e. The number of phenols is 1. The quantitative estimate of drug-likeness (QED) is 0.418. The van der Waals surface area contributed by atoms with Gasteiger partial charge < -0.3 is 5.11 Å². The smallest absolute Gasteiger partial charge is 0.203 e. The molecule has 2 bridgehead atoms. The Morgan fingerprint density at radius 2 is 1.90 bits per heavy atom. The molecule has 0 radical (unpaired) electrons. The van der Waals surface area contributed by atoms with Gasteiger partial charge in [0.05, 0.1) is 11.4 Å². The number of phenolic OH excluding ortho intramolecular Hbond substituents is 1. The van der Waals surface area contributed by atoms with E-state index in [1.165, 1.54) is 23.3 Å². The van der Waals surface area contributed by atoms with Crippen LogP contribution in [-0.4, -0.2) is 15.8 Å². The Labute approximate surface area is 191 Å². The van der Waals surface area contributed by atoms with Gasteiger partial charge in [0.25, 0.3) is 0 Å². The zero-order chi connectivity index (χ0) is 21.6. The van der Waals surface area contributed by atoms with Gasteiger partial charge in [-0.3, -0.25) is 5.43 Å². The molecule has 158 valence electrons. The van der Waals surface area contributed by atoms with E-state index in [2.05, 4.69) is 42.5 Å². The van der Waals surface area contributed by atoms with E-state index in [-0.39, 0.29) is 11.2 Å². The highest BCUT2D eigenvalue weighted by Crippen LogP contribution is 2.59. The first-order chi connectivity index (χ1) is 14.9. The molecule has 6 rings (SSSR count). The van der Waals surface area contributed by atoms with Crippen LogP contribution in [0.25, 0.3) is 17.3 Å². The number of halogens is 1. The summed E-state index contributed by atoms with van der Waals surface area (Å²) in [5.41, 5.74) is 8.92. The SMILES string of the molecule is CC1(C)C2CC(=Cc3ccc(Cl)cc3)C(=NNc3nc(-c4ccc(O)cc4)cs3)C1C2. The highest BCUT2D eigenvalue weighted by Gasteiger charge is 2.54. The maximum atomic E-state index is 9.49. The van der Waals surface area contributed by atoms with Gasteiger partial charge in [-0.2, -0.15) is 5.10 Å². The molecule has 2 unspecified atom stereocenters. The monoisotopic (exact) mass is 449 g/mol. The normalized spacial score (nSPS) is 24.2. The molecule has 3 aliphatic rings. The summed E-state index contributed by atoms with van der Waals surface area (Å²) in [7, 11) is 0. The number of fused-ring (bicyclic) bond motifs is 2. The van der Waals surface area contributed by atoms with Gasteiger partial charge in [-0.05, 0) is 77.8 Å². The van der Waals surface area contributed by atoms with Crippen molar-refractivity contribution < 1.29 is 5.11 Å². The lowest BCUT2D eigenvalue weighted by Gasteiger charge is -2.57. The van der Waals surface area contributed by atoms with Gasteiger partial charge in [0.1, 0.15) is 5.75 Å². The zero-order valence-electron chi connectivity index (χ0n) is 17.5. The van der Waals surface area contributed by atoms with E-state index in [1.54, 1.807) is 12.1 Å². The number of anilines is 1. The molecule has 3 aromatic rings. The van der Waals surface area contributed by atoms with Crippen LogP contribution in [0.2, 0.25) is 5.02 Å². The second-order valence-corrected chi connectivity index (χ2v) is 10.2. The maximum Gasteiger partial charge on any atom is 0.203 e. The second-order valence-electron chi connectivity index (χ2n) is 8.93. The van der Waals surface area contributed by atoms with Gasteiger partial charge in [-0.1, -0.05) is 37.6 Å². The Morgan fingerprint density at radius 3 is 2.61 bits per heavy atom. The number of aromatic hydroxyl groups is 1. The molecule has 0 aliphatic heterocycles. The van der Waals surface area contributed by atoms with E-state index < -0.39 is 0 Å². The van der Waals surface area contributed by atoms with Crippen LogP contribution in [0.15, 0.2) is 64.6 Å². The number of benzene rings is 2.